The molecule has 1 aromatic carbocycles. The van der Waals surface area contributed by atoms with Crippen LogP contribution in [0.2, 0.25) is 0 Å². The van der Waals surface area contributed by atoms with Gasteiger partial charge in [-0.3, -0.25) is 0 Å². The summed E-state index contributed by atoms with van der Waals surface area (Å²) in [5, 5.41) is 24.7. The molecule has 0 spiro atoms. The molecule has 2 heterocycles. The lowest BCUT2D eigenvalue weighted by Crippen LogP contribution is -2.40. The van der Waals surface area contributed by atoms with E-state index in [-0.39, 0.29) is 23.8 Å². The maximum atomic E-state index is 13.0. The molecule has 1 aliphatic rings. The first-order valence-electron chi connectivity index (χ1n) is 10.1. The Morgan fingerprint density at radius 3 is 2.72 bits per heavy atom. The number of anilines is 1. The number of phenols is 1. The molecule has 1 aromatic heterocycles. The van der Waals surface area contributed by atoms with Crippen LogP contribution in [0.25, 0.3) is 11.3 Å². The van der Waals surface area contributed by atoms with Crippen molar-refractivity contribution in [3.8, 4) is 17.0 Å². The van der Waals surface area contributed by atoms with Crippen molar-refractivity contribution in [2.75, 3.05) is 32.6 Å². The molecular formula is C21H26F3N5O3. The molecule has 2 aromatic rings. The van der Waals surface area contributed by atoms with Gasteiger partial charge in [0.1, 0.15) is 11.4 Å². The number of likely N-dealkylation sites (tertiary alicyclic amines) is 1. The molecule has 1 amide bonds. The second-order valence-electron chi connectivity index (χ2n) is 7.82. The van der Waals surface area contributed by atoms with Crippen LogP contribution < -0.4 is 10.6 Å². The Morgan fingerprint density at radius 1 is 1.34 bits per heavy atom. The normalized spacial score (nSPS) is 17.1. The molecule has 3 rings (SSSR count). The maximum absolute atomic E-state index is 13.0. The highest BCUT2D eigenvalue weighted by atomic mass is 19.4. The van der Waals surface area contributed by atoms with Crippen molar-refractivity contribution in [1.29, 1.82) is 0 Å². The first-order chi connectivity index (χ1) is 15.1. The van der Waals surface area contributed by atoms with Crippen molar-refractivity contribution in [1.82, 2.24) is 20.4 Å². The van der Waals surface area contributed by atoms with Crippen molar-refractivity contribution in [3.05, 3.63) is 34.9 Å². The lowest BCUT2D eigenvalue weighted by Gasteiger charge is -2.31. The number of nitrogens with one attached hydrogen (secondary N) is 2. The minimum atomic E-state index is -4.58. The molecule has 0 bridgehead atoms. The van der Waals surface area contributed by atoms with Crippen LogP contribution in [-0.2, 0) is 17.5 Å². The predicted octanol–water partition coefficient (Wildman–Crippen LogP) is 3.54. The van der Waals surface area contributed by atoms with E-state index in [1.165, 1.54) is 7.11 Å². The van der Waals surface area contributed by atoms with E-state index in [4.69, 9.17) is 0 Å². The van der Waals surface area contributed by atoms with Crippen LogP contribution in [0.3, 0.4) is 0 Å². The number of aromatic hydroxyl groups is 1. The van der Waals surface area contributed by atoms with Crippen molar-refractivity contribution >= 4 is 11.9 Å². The molecule has 3 N–H and O–H groups in total. The van der Waals surface area contributed by atoms with E-state index >= 15 is 0 Å². The summed E-state index contributed by atoms with van der Waals surface area (Å²) < 4.78 is 43.5. The number of alkyl carbamates (subject to hydrolysis) is 1. The fourth-order valence-electron chi connectivity index (χ4n) is 3.76. The van der Waals surface area contributed by atoms with Crippen molar-refractivity contribution < 1.29 is 27.8 Å². The zero-order valence-electron chi connectivity index (χ0n) is 18.1. The highest BCUT2D eigenvalue weighted by Crippen LogP contribution is 2.37. The zero-order valence-corrected chi connectivity index (χ0v) is 18.1. The third kappa shape index (κ3) is 5.39. The summed E-state index contributed by atoms with van der Waals surface area (Å²) in [7, 11) is 3.27. The molecule has 32 heavy (non-hydrogen) atoms. The topological polar surface area (TPSA) is 99.6 Å². The number of ether oxygens (including phenoxy) is 1. The third-order valence-corrected chi connectivity index (χ3v) is 5.48. The predicted molar refractivity (Wildman–Crippen MR) is 112 cm³/mol. The Hall–Kier alpha value is -3.08. The largest absolute Gasteiger partial charge is 0.507 e. The first kappa shape index (κ1) is 23.6. The molecule has 0 aliphatic carbocycles. The molecule has 1 atom stereocenters. The number of hydrogen-bond acceptors (Lipinski definition) is 7. The SMILES string of the molecule is COC(=O)NCc1c(N[C@@H]2CCCN(C)C2)nnc(-c2ccc(C(F)(F)F)cc2O)c1C. The van der Waals surface area contributed by atoms with Gasteiger partial charge in [0.25, 0.3) is 0 Å². The van der Waals surface area contributed by atoms with Gasteiger partial charge in [0, 0.05) is 23.7 Å². The quantitative estimate of drug-likeness (QED) is 0.637. The number of halogens is 3. The van der Waals surface area contributed by atoms with E-state index in [2.05, 4.69) is 30.5 Å². The smallest absolute Gasteiger partial charge is 0.416 e. The number of alkyl halides is 3. The molecule has 0 unspecified atom stereocenters. The fraction of sp³-hybridized carbons (Fsp3) is 0.476. The van der Waals surface area contributed by atoms with Crippen LogP contribution >= 0.6 is 0 Å². The second-order valence-corrected chi connectivity index (χ2v) is 7.82. The second kappa shape index (κ2) is 9.60. The van der Waals surface area contributed by atoms with E-state index < -0.39 is 23.6 Å². The fourth-order valence-corrected chi connectivity index (χ4v) is 3.76. The van der Waals surface area contributed by atoms with E-state index in [0.717, 1.165) is 38.1 Å². The Balaban J connectivity index is 1.98. The van der Waals surface area contributed by atoms with Crippen LogP contribution in [0.4, 0.5) is 23.8 Å². The number of carbonyl (C=O) groups is 1. The summed E-state index contributed by atoms with van der Waals surface area (Å²) in [6, 6.07) is 2.83. The van der Waals surface area contributed by atoms with E-state index in [0.29, 0.717) is 23.0 Å². The number of phenolic OH excluding ortho intramolecular Hbond substituents is 1. The number of hydrogen-bond donors (Lipinski definition) is 3. The van der Waals surface area contributed by atoms with Crippen LogP contribution in [0.5, 0.6) is 5.75 Å². The highest BCUT2D eigenvalue weighted by molar-refractivity contribution is 5.73. The van der Waals surface area contributed by atoms with Gasteiger partial charge in [0.2, 0.25) is 0 Å². The number of amides is 1. The number of likely N-dealkylation sites (N-methyl/N-ethyl adjacent to an activating group) is 1. The van der Waals surface area contributed by atoms with Gasteiger partial charge in [-0.1, -0.05) is 0 Å². The van der Waals surface area contributed by atoms with Crippen LogP contribution in [0.15, 0.2) is 18.2 Å². The van der Waals surface area contributed by atoms with Gasteiger partial charge in [-0.25, -0.2) is 4.79 Å². The van der Waals surface area contributed by atoms with Gasteiger partial charge in [0.15, 0.2) is 5.82 Å². The van der Waals surface area contributed by atoms with Crippen LogP contribution in [0, 0.1) is 6.92 Å². The lowest BCUT2D eigenvalue weighted by atomic mass is 10.00. The van der Waals surface area contributed by atoms with E-state index in [9.17, 15) is 23.1 Å². The molecule has 0 saturated carbocycles. The minimum absolute atomic E-state index is 0.0628. The van der Waals surface area contributed by atoms with Gasteiger partial charge in [-0.2, -0.15) is 13.2 Å². The van der Waals surface area contributed by atoms with Crippen LogP contribution in [-0.4, -0.2) is 59.6 Å². The summed E-state index contributed by atoms with van der Waals surface area (Å²) in [5.74, 6) is -0.0897. The summed E-state index contributed by atoms with van der Waals surface area (Å²) in [4.78, 5) is 13.8. The third-order valence-electron chi connectivity index (χ3n) is 5.48. The Morgan fingerprint density at radius 2 is 2.09 bits per heavy atom. The molecule has 11 heteroatoms. The monoisotopic (exact) mass is 453 g/mol. The number of benzene rings is 1. The standard InChI is InChI=1S/C21H26F3N5O3/c1-12-16(10-25-20(31)32-3)19(26-14-5-4-8-29(2)11-14)28-27-18(12)15-7-6-13(9-17(15)30)21(22,23)24/h6-7,9,14,30H,4-5,8,10-11H2,1-3H3,(H,25,31)(H,26,28)/t14-/m1/s1. The van der Waals surface area contributed by atoms with Crippen molar-refractivity contribution in [2.45, 2.75) is 38.5 Å². The maximum Gasteiger partial charge on any atom is 0.416 e. The molecule has 1 fully saturated rings. The van der Waals surface area contributed by atoms with Gasteiger partial charge < -0.3 is 25.4 Å². The summed E-state index contributed by atoms with van der Waals surface area (Å²) in [6.07, 6.45) is -3.25. The molecular weight excluding hydrogens is 427 g/mol. The van der Waals surface area contributed by atoms with Gasteiger partial charge >= 0.3 is 12.3 Å². The number of methoxy groups -OCH3 is 1. The highest BCUT2D eigenvalue weighted by Gasteiger charge is 2.31. The number of carbonyl (C=O) groups excluding carboxylic acids is 1. The minimum Gasteiger partial charge on any atom is -0.507 e. The van der Waals surface area contributed by atoms with Gasteiger partial charge in [-0.05, 0) is 57.1 Å². The average molecular weight is 453 g/mol. The zero-order chi connectivity index (χ0) is 23.5. The number of rotatable bonds is 5. The molecule has 174 valence electrons. The summed E-state index contributed by atoms with van der Waals surface area (Å²) in [6.45, 7) is 3.60. The van der Waals surface area contributed by atoms with Crippen molar-refractivity contribution in [2.24, 2.45) is 0 Å². The van der Waals surface area contributed by atoms with E-state index in [1.54, 1.807) is 6.92 Å². The Labute approximate surface area is 183 Å². The number of piperidine rings is 1. The van der Waals surface area contributed by atoms with Crippen LogP contribution in [0.1, 0.15) is 29.5 Å². The lowest BCUT2D eigenvalue weighted by molar-refractivity contribution is -0.137. The Bertz CT molecular complexity index is 984. The van der Waals surface area contributed by atoms with Gasteiger partial charge in [-0.15, -0.1) is 10.2 Å². The summed E-state index contributed by atoms with van der Waals surface area (Å²) >= 11 is 0. The molecule has 1 saturated heterocycles. The molecule has 8 nitrogen and oxygen atoms in total. The van der Waals surface area contributed by atoms with Gasteiger partial charge in [0.05, 0.1) is 19.2 Å². The summed E-state index contributed by atoms with van der Waals surface area (Å²) in [5.41, 5.74) is 0.554. The van der Waals surface area contributed by atoms with E-state index in [1.807, 2.05) is 7.05 Å². The number of nitrogens with zero attached hydrogens (tertiary/aromatic N) is 3. The Kier molecular flexibility index (Phi) is 7.07. The number of aromatic nitrogens is 2. The first-order valence-corrected chi connectivity index (χ1v) is 10.1. The molecule has 0 radical (unpaired) electrons. The molecule has 1 aliphatic heterocycles. The van der Waals surface area contributed by atoms with Crippen molar-refractivity contribution in [3.63, 3.8) is 0 Å². The average Bonchev–Trinajstić information content (AvgIpc) is 2.73.